The highest BCUT2D eigenvalue weighted by Crippen LogP contribution is 2.36. The van der Waals surface area contributed by atoms with Gasteiger partial charge in [0.2, 0.25) is 0 Å². The van der Waals surface area contributed by atoms with Crippen molar-refractivity contribution in [2.75, 3.05) is 20.3 Å². The summed E-state index contributed by atoms with van der Waals surface area (Å²) < 4.78 is 10.7. The fourth-order valence-electron chi connectivity index (χ4n) is 2.90. The number of hydrogen-bond acceptors (Lipinski definition) is 3. The molecular weight excluding hydrogens is 262 g/mol. The predicted molar refractivity (Wildman–Crippen MR) is 88.9 cm³/mol. The van der Waals surface area contributed by atoms with Crippen molar-refractivity contribution in [3.8, 4) is 5.75 Å². The molecule has 0 spiro atoms. The van der Waals surface area contributed by atoms with Gasteiger partial charge in [-0.3, -0.25) is 0 Å². The van der Waals surface area contributed by atoms with E-state index in [1.54, 1.807) is 7.11 Å². The first-order valence-electron chi connectivity index (χ1n) is 7.62. The summed E-state index contributed by atoms with van der Waals surface area (Å²) >= 11 is 0. The standard InChI is InChI=1S/C18H31NO2/c1-17(2,3)13-18(4,5)14-7-9-16(10-8-14)21-12-15(19)11-20-6/h7-10,15H,11-13,19H2,1-6H3. The number of ether oxygens (including phenoxy) is 2. The molecule has 0 saturated carbocycles. The lowest BCUT2D eigenvalue weighted by atomic mass is 9.72. The molecule has 1 atom stereocenters. The number of benzene rings is 1. The van der Waals surface area contributed by atoms with E-state index in [9.17, 15) is 0 Å². The smallest absolute Gasteiger partial charge is 0.119 e. The number of nitrogens with two attached hydrogens (primary N) is 1. The monoisotopic (exact) mass is 293 g/mol. The Hall–Kier alpha value is -1.06. The molecule has 0 aliphatic carbocycles. The second-order valence-corrected chi connectivity index (χ2v) is 7.67. The fourth-order valence-corrected chi connectivity index (χ4v) is 2.90. The normalized spacial score (nSPS) is 14.0. The topological polar surface area (TPSA) is 44.5 Å². The second-order valence-electron chi connectivity index (χ2n) is 7.67. The first-order chi connectivity index (χ1) is 9.64. The Morgan fingerprint density at radius 3 is 2.05 bits per heavy atom. The molecule has 0 heterocycles. The summed E-state index contributed by atoms with van der Waals surface area (Å²) in [7, 11) is 1.64. The maximum atomic E-state index is 5.85. The van der Waals surface area contributed by atoms with Crippen molar-refractivity contribution in [1.82, 2.24) is 0 Å². The summed E-state index contributed by atoms with van der Waals surface area (Å²) in [5.74, 6) is 0.858. The van der Waals surface area contributed by atoms with Crippen LogP contribution < -0.4 is 10.5 Å². The van der Waals surface area contributed by atoms with Gasteiger partial charge in [0.25, 0.3) is 0 Å². The molecule has 3 heteroatoms. The summed E-state index contributed by atoms with van der Waals surface area (Å²) in [5, 5.41) is 0. The molecule has 0 aliphatic heterocycles. The summed E-state index contributed by atoms with van der Waals surface area (Å²) in [6.45, 7) is 12.4. The van der Waals surface area contributed by atoms with Gasteiger partial charge < -0.3 is 15.2 Å². The van der Waals surface area contributed by atoms with Gasteiger partial charge in [0.1, 0.15) is 12.4 Å². The molecule has 21 heavy (non-hydrogen) atoms. The Morgan fingerprint density at radius 1 is 1.00 bits per heavy atom. The molecule has 0 fully saturated rings. The zero-order valence-corrected chi connectivity index (χ0v) is 14.4. The SMILES string of the molecule is COCC(N)COc1ccc(C(C)(C)CC(C)(C)C)cc1. The molecule has 120 valence electrons. The van der Waals surface area contributed by atoms with Crippen LogP contribution in [0.2, 0.25) is 0 Å². The number of methoxy groups -OCH3 is 1. The average Bonchev–Trinajstić information content (AvgIpc) is 2.34. The van der Waals surface area contributed by atoms with E-state index in [1.807, 2.05) is 12.1 Å². The van der Waals surface area contributed by atoms with E-state index in [-0.39, 0.29) is 11.5 Å². The van der Waals surface area contributed by atoms with Crippen LogP contribution in [-0.4, -0.2) is 26.4 Å². The third-order valence-corrected chi connectivity index (χ3v) is 3.45. The number of rotatable bonds is 7. The Bertz CT molecular complexity index is 418. The van der Waals surface area contributed by atoms with E-state index in [1.165, 1.54) is 5.56 Å². The molecular formula is C18H31NO2. The Kier molecular flexibility index (Phi) is 6.24. The molecule has 1 unspecified atom stereocenters. The fraction of sp³-hybridized carbons (Fsp3) is 0.667. The lowest BCUT2D eigenvalue weighted by molar-refractivity contribution is 0.152. The minimum absolute atomic E-state index is 0.0907. The van der Waals surface area contributed by atoms with E-state index in [0.717, 1.165) is 12.2 Å². The van der Waals surface area contributed by atoms with Gasteiger partial charge in [-0.05, 0) is 34.9 Å². The average molecular weight is 293 g/mol. The Labute approximate surface area is 129 Å². The molecule has 1 aromatic rings. The third kappa shape index (κ3) is 6.49. The van der Waals surface area contributed by atoms with Crippen molar-refractivity contribution < 1.29 is 9.47 Å². The van der Waals surface area contributed by atoms with Crippen LogP contribution in [0.3, 0.4) is 0 Å². The molecule has 0 saturated heterocycles. The quantitative estimate of drug-likeness (QED) is 0.832. The van der Waals surface area contributed by atoms with Crippen LogP contribution >= 0.6 is 0 Å². The predicted octanol–water partition coefficient (Wildman–Crippen LogP) is 3.75. The van der Waals surface area contributed by atoms with Gasteiger partial charge in [0.15, 0.2) is 0 Å². The second kappa shape index (κ2) is 7.28. The van der Waals surface area contributed by atoms with Crippen LogP contribution in [0.25, 0.3) is 0 Å². The molecule has 0 radical (unpaired) electrons. The van der Waals surface area contributed by atoms with Gasteiger partial charge in [0, 0.05) is 7.11 Å². The highest BCUT2D eigenvalue weighted by Gasteiger charge is 2.27. The molecule has 0 bridgehead atoms. The van der Waals surface area contributed by atoms with Crippen molar-refractivity contribution in [2.24, 2.45) is 11.1 Å². The van der Waals surface area contributed by atoms with E-state index in [4.69, 9.17) is 15.2 Å². The van der Waals surface area contributed by atoms with Crippen molar-refractivity contribution in [3.63, 3.8) is 0 Å². The summed E-state index contributed by atoms with van der Waals surface area (Å²) in [6.07, 6.45) is 1.14. The molecule has 3 nitrogen and oxygen atoms in total. The molecule has 0 amide bonds. The van der Waals surface area contributed by atoms with E-state index < -0.39 is 0 Å². The minimum Gasteiger partial charge on any atom is -0.492 e. The van der Waals surface area contributed by atoms with Crippen molar-refractivity contribution in [1.29, 1.82) is 0 Å². The summed E-state index contributed by atoms with van der Waals surface area (Å²) in [4.78, 5) is 0. The highest BCUT2D eigenvalue weighted by atomic mass is 16.5. The third-order valence-electron chi connectivity index (χ3n) is 3.45. The van der Waals surface area contributed by atoms with Crippen molar-refractivity contribution >= 4 is 0 Å². The van der Waals surface area contributed by atoms with Crippen LogP contribution in [0.5, 0.6) is 5.75 Å². The first-order valence-corrected chi connectivity index (χ1v) is 7.62. The van der Waals surface area contributed by atoms with Crippen LogP contribution in [0.4, 0.5) is 0 Å². The van der Waals surface area contributed by atoms with E-state index >= 15 is 0 Å². The highest BCUT2D eigenvalue weighted by molar-refractivity contribution is 5.31. The van der Waals surface area contributed by atoms with Crippen molar-refractivity contribution in [3.05, 3.63) is 29.8 Å². The maximum Gasteiger partial charge on any atom is 0.119 e. The first kappa shape index (κ1) is 18.0. The van der Waals surface area contributed by atoms with Gasteiger partial charge in [-0.1, -0.05) is 46.8 Å². The number of hydrogen-bond donors (Lipinski definition) is 1. The van der Waals surface area contributed by atoms with Crippen LogP contribution in [-0.2, 0) is 10.2 Å². The molecule has 0 aromatic heterocycles. The van der Waals surface area contributed by atoms with E-state index in [2.05, 4.69) is 46.8 Å². The van der Waals surface area contributed by atoms with Gasteiger partial charge in [0.05, 0.1) is 12.6 Å². The van der Waals surface area contributed by atoms with Gasteiger partial charge in [-0.25, -0.2) is 0 Å². The maximum absolute atomic E-state index is 5.85. The van der Waals surface area contributed by atoms with Crippen LogP contribution in [0.1, 0.15) is 46.6 Å². The van der Waals surface area contributed by atoms with Crippen molar-refractivity contribution in [2.45, 2.75) is 52.5 Å². The zero-order valence-electron chi connectivity index (χ0n) is 14.4. The summed E-state index contributed by atoms with van der Waals surface area (Å²) in [6, 6.07) is 8.27. The molecule has 0 aliphatic rings. The van der Waals surface area contributed by atoms with Crippen LogP contribution in [0.15, 0.2) is 24.3 Å². The minimum atomic E-state index is -0.0907. The molecule has 1 aromatic carbocycles. The Morgan fingerprint density at radius 2 is 1.57 bits per heavy atom. The summed E-state index contributed by atoms with van der Waals surface area (Å²) in [5.41, 5.74) is 7.66. The molecule has 2 N–H and O–H groups in total. The van der Waals surface area contributed by atoms with Gasteiger partial charge in [-0.15, -0.1) is 0 Å². The van der Waals surface area contributed by atoms with E-state index in [0.29, 0.717) is 18.6 Å². The Balaban J connectivity index is 2.65. The lowest BCUT2D eigenvalue weighted by Gasteiger charge is -2.33. The largest absolute Gasteiger partial charge is 0.492 e. The molecule has 1 rings (SSSR count). The van der Waals surface area contributed by atoms with Gasteiger partial charge >= 0.3 is 0 Å². The van der Waals surface area contributed by atoms with Gasteiger partial charge in [-0.2, -0.15) is 0 Å². The lowest BCUT2D eigenvalue weighted by Crippen LogP contribution is -2.32. The van der Waals surface area contributed by atoms with Crippen LogP contribution in [0, 0.1) is 5.41 Å². The zero-order chi connectivity index (χ0) is 16.1.